The van der Waals surface area contributed by atoms with Crippen LogP contribution in [-0.2, 0) is 6.54 Å². The third-order valence-electron chi connectivity index (χ3n) is 2.38. The molecular formula is C14H18N2OS. The zero-order chi connectivity index (χ0) is 13.0. The van der Waals surface area contributed by atoms with Crippen molar-refractivity contribution in [2.45, 2.75) is 26.5 Å². The molecule has 0 aliphatic carbocycles. The Kier molecular flexibility index (Phi) is 4.10. The zero-order valence-electron chi connectivity index (χ0n) is 10.6. The maximum atomic E-state index is 5.87. The highest BCUT2D eigenvalue weighted by atomic mass is 32.1. The standard InChI is InChI=1S/C14H18N2OS/c1-10(2)17-14-6-12(15)5-13(7-14)16-8-11-3-4-18-9-11/h3-7,9-10,16H,8,15H2,1-2H3. The van der Waals surface area contributed by atoms with Gasteiger partial charge in [-0.1, -0.05) is 0 Å². The number of benzene rings is 1. The highest BCUT2D eigenvalue weighted by Gasteiger charge is 2.02. The normalized spacial score (nSPS) is 10.6. The Morgan fingerprint density at radius 2 is 2.17 bits per heavy atom. The highest BCUT2D eigenvalue weighted by Crippen LogP contribution is 2.24. The molecule has 2 rings (SSSR count). The Morgan fingerprint density at radius 1 is 1.33 bits per heavy atom. The van der Waals surface area contributed by atoms with Crippen molar-refractivity contribution in [1.29, 1.82) is 0 Å². The molecule has 0 aliphatic heterocycles. The first-order valence-corrected chi connectivity index (χ1v) is 6.90. The van der Waals surface area contributed by atoms with Gasteiger partial charge in [-0.2, -0.15) is 11.3 Å². The summed E-state index contributed by atoms with van der Waals surface area (Å²) in [5.41, 5.74) is 8.83. The third kappa shape index (κ3) is 3.67. The molecule has 0 saturated carbocycles. The first kappa shape index (κ1) is 12.8. The maximum absolute atomic E-state index is 5.87. The fraction of sp³-hybridized carbons (Fsp3) is 0.286. The molecule has 4 heteroatoms. The van der Waals surface area contributed by atoms with Crippen molar-refractivity contribution < 1.29 is 4.74 Å². The van der Waals surface area contributed by atoms with Gasteiger partial charge < -0.3 is 15.8 Å². The van der Waals surface area contributed by atoms with Crippen LogP contribution in [-0.4, -0.2) is 6.10 Å². The van der Waals surface area contributed by atoms with E-state index in [1.165, 1.54) is 5.56 Å². The SMILES string of the molecule is CC(C)Oc1cc(N)cc(NCc2ccsc2)c1. The number of hydrogen-bond acceptors (Lipinski definition) is 4. The van der Waals surface area contributed by atoms with Gasteiger partial charge in [0.05, 0.1) is 6.10 Å². The molecule has 0 fully saturated rings. The van der Waals surface area contributed by atoms with Gasteiger partial charge in [-0.25, -0.2) is 0 Å². The van der Waals surface area contributed by atoms with E-state index >= 15 is 0 Å². The molecule has 0 bridgehead atoms. The first-order chi connectivity index (χ1) is 8.63. The van der Waals surface area contributed by atoms with E-state index in [9.17, 15) is 0 Å². The van der Waals surface area contributed by atoms with Crippen LogP contribution in [0.5, 0.6) is 5.75 Å². The second-order valence-corrected chi connectivity index (χ2v) is 5.22. The number of hydrogen-bond donors (Lipinski definition) is 2. The predicted molar refractivity (Wildman–Crippen MR) is 78.3 cm³/mol. The number of nitrogens with one attached hydrogen (secondary N) is 1. The average molecular weight is 262 g/mol. The fourth-order valence-electron chi connectivity index (χ4n) is 1.66. The number of nitrogens with two attached hydrogens (primary N) is 1. The summed E-state index contributed by atoms with van der Waals surface area (Å²) in [6, 6.07) is 7.84. The fourth-order valence-corrected chi connectivity index (χ4v) is 2.33. The van der Waals surface area contributed by atoms with Crippen LogP contribution in [0, 0.1) is 0 Å². The quantitative estimate of drug-likeness (QED) is 0.807. The summed E-state index contributed by atoms with van der Waals surface area (Å²) in [5.74, 6) is 0.804. The molecule has 0 atom stereocenters. The molecule has 1 aromatic heterocycles. The molecule has 18 heavy (non-hydrogen) atoms. The van der Waals surface area contributed by atoms with E-state index in [-0.39, 0.29) is 6.10 Å². The second-order valence-electron chi connectivity index (χ2n) is 4.44. The second kappa shape index (κ2) is 5.78. The topological polar surface area (TPSA) is 47.3 Å². The minimum absolute atomic E-state index is 0.150. The minimum Gasteiger partial charge on any atom is -0.491 e. The van der Waals surface area contributed by atoms with Crippen molar-refractivity contribution in [1.82, 2.24) is 0 Å². The molecule has 0 aliphatic rings. The molecule has 96 valence electrons. The maximum Gasteiger partial charge on any atom is 0.123 e. The number of nitrogen functional groups attached to an aromatic ring is 1. The van der Waals surface area contributed by atoms with Crippen LogP contribution in [0.2, 0.25) is 0 Å². The Labute approximate surface area is 112 Å². The van der Waals surface area contributed by atoms with Gasteiger partial charge in [0, 0.05) is 30.1 Å². The number of rotatable bonds is 5. The zero-order valence-corrected chi connectivity index (χ0v) is 11.5. The smallest absolute Gasteiger partial charge is 0.123 e. The van der Waals surface area contributed by atoms with E-state index < -0.39 is 0 Å². The summed E-state index contributed by atoms with van der Waals surface area (Å²) in [4.78, 5) is 0. The van der Waals surface area contributed by atoms with Crippen molar-refractivity contribution in [3.63, 3.8) is 0 Å². The summed E-state index contributed by atoms with van der Waals surface area (Å²) in [6.45, 7) is 4.80. The van der Waals surface area contributed by atoms with Gasteiger partial charge in [0.15, 0.2) is 0 Å². The van der Waals surface area contributed by atoms with Crippen LogP contribution < -0.4 is 15.8 Å². The van der Waals surface area contributed by atoms with Crippen molar-refractivity contribution in [2.24, 2.45) is 0 Å². The lowest BCUT2D eigenvalue weighted by molar-refractivity contribution is 0.242. The third-order valence-corrected chi connectivity index (χ3v) is 3.11. The first-order valence-electron chi connectivity index (χ1n) is 5.95. The Morgan fingerprint density at radius 3 is 2.83 bits per heavy atom. The van der Waals surface area contributed by atoms with Crippen molar-refractivity contribution >= 4 is 22.7 Å². The van der Waals surface area contributed by atoms with Gasteiger partial charge in [0.25, 0.3) is 0 Å². The summed E-state index contributed by atoms with van der Waals surface area (Å²) in [6.07, 6.45) is 0.150. The van der Waals surface area contributed by atoms with Crippen LogP contribution >= 0.6 is 11.3 Å². The van der Waals surface area contributed by atoms with Crippen LogP contribution in [0.4, 0.5) is 11.4 Å². The summed E-state index contributed by atoms with van der Waals surface area (Å²) >= 11 is 1.70. The van der Waals surface area contributed by atoms with Gasteiger partial charge in [-0.15, -0.1) is 0 Å². The Balaban J connectivity index is 2.05. The van der Waals surface area contributed by atoms with E-state index in [0.29, 0.717) is 5.69 Å². The van der Waals surface area contributed by atoms with E-state index in [0.717, 1.165) is 18.0 Å². The lowest BCUT2D eigenvalue weighted by atomic mass is 10.2. The van der Waals surface area contributed by atoms with Crippen LogP contribution in [0.3, 0.4) is 0 Å². The van der Waals surface area contributed by atoms with Crippen LogP contribution in [0.15, 0.2) is 35.0 Å². The van der Waals surface area contributed by atoms with Crippen molar-refractivity contribution in [3.8, 4) is 5.75 Å². The Hall–Kier alpha value is -1.68. The molecule has 0 saturated heterocycles. The van der Waals surface area contributed by atoms with Gasteiger partial charge in [-0.05, 0) is 42.3 Å². The van der Waals surface area contributed by atoms with E-state index in [1.54, 1.807) is 11.3 Å². The predicted octanol–water partition coefficient (Wildman–Crippen LogP) is 3.73. The molecule has 0 radical (unpaired) electrons. The van der Waals surface area contributed by atoms with Gasteiger partial charge in [0.1, 0.15) is 5.75 Å². The molecule has 0 amide bonds. The molecule has 3 nitrogen and oxygen atoms in total. The number of thiophene rings is 1. The Bertz CT molecular complexity index is 495. The molecule has 0 spiro atoms. The van der Waals surface area contributed by atoms with E-state index in [1.807, 2.05) is 32.0 Å². The molecule has 3 N–H and O–H groups in total. The molecule has 1 heterocycles. The summed E-state index contributed by atoms with van der Waals surface area (Å²) in [5, 5.41) is 7.55. The van der Waals surface area contributed by atoms with E-state index in [2.05, 4.69) is 22.1 Å². The lowest BCUT2D eigenvalue weighted by Crippen LogP contribution is -2.06. The van der Waals surface area contributed by atoms with Crippen molar-refractivity contribution in [3.05, 3.63) is 40.6 Å². The van der Waals surface area contributed by atoms with Crippen molar-refractivity contribution in [2.75, 3.05) is 11.1 Å². The highest BCUT2D eigenvalue weighted by molar-refractivity contribution is 7.07. The van der Waals surface area contributed by atoms with Crippen LogP contribution in [0.1, 0.15) is 19.4 Å². The monoisotopic (exact) mass is 262 g/mol. The lowest BCUT2D eigenvalue weighted by Gasteiger charge is -2.13. The minimum atomic E-state index is 0.150. The molecular weight excluding hydrogens is 244 g/mol. The summed E-state index contributed by atoms with van der Waals surface area (Å²) < 4.78 is 5.65. The van der Waals surface area contributed by atoms with E-state index in [4.69, 9.17) is 10.5 Å². The molecule has 0 unspecified atom stereocenters. The van der Waals surface area contributed by atoms with Gasteiger partial charge in [0.2, 0.25) is 0 Å². The van der Waals surface area contributed by atoms with Gasteiger partial charge >= 0.3 is 0 Å². The van der Waals surface area contributed by atoms with Crippen LogP contribution in [0.25, 0.3) is 0 Å². The number of ether oxygens (including phenoxy) is 1. The van der Waals surface area contributed by atoms with Gasteiger partial charge in [-0.3, -0.25) is 0 Å². The summed E-state index contributed by atoms with van der Waals surface area (Å²) in [7, 11) is 0. The average Bonchev–Trinajstić information content (AvgIpc) is 2.77. The number of anilines is 2. The molecule has 1 aromatic carbocycles. The largest absolute Gasteiger partial charge is 0.491 e. The molecule has 2 aromatic rings.